The molecule has 0 radical (unpaired) electrons. The number of hydrogen-bond acceptors (Lipinski definition) is 20. The van der Waals surface area contributed by atoms with Crippen LogP contribution in [-0.4, -0.2) is 194 Å². The number of carboxylic acid groups (broad SMARTS) is 1. The van der Waals surface area contributed by atoms with Gasteiger partial charge in [0, 0.05) is 73.2 Å². The molecule has 33 nitrogen and oxygen atoms in total. The lowest BCUT2D eigenvalue weighted by Gasteiger charge is -2.33. The molecule has 2 heterocycles. The number of primary amides is 2. The molecule has 4 rings (SSSR count). The third-order valence-electron chi connectivity index (χ3n) is 19.8. The molecule has 114 heavy (non-hydrogen) atoms. The van der Waals surface area contributed by atoms with Crippen LogP contribution < -0.4 is 70.0 Å². The smallest absolute Gasteiger partial charge is 0.303 e. The largest absolute Gasteiger partial charge is 0.508 e. The fourth-order valence-electron chi connectivity index (χ4n) is 12.7. The second-order valence-electron chi connectivity index (χ2n) is 30.5. The Bertz CT molecular complexity index is 3960. The van der Waals surface area contributed by atoms with Gasteiger partial charge in [-0.2, -0.15) is 0 Å². The van der Waals surface area contributed by atoms with Gasteiger partial charge in [-0.05, 0) is 154 Å². The molecule has 11 amide bonds. The molecule has 34 heteroatoms. The predicted octanol–water partition coefficient (Wildman–Crippen LogP) is 2.99. The number of fused-ring (bicyclic) bond motifs is 1. The van der Waals surface area contributed by atoms with Crippen LogP contribution in [0, 0.1) is 23.2 Å². The normalized spacial score (nSPS) is 23.1. The van der Waals surface area contributed by atoms with Crippen molar-refractivity contribution in [1.82, 2.24) is 63.5 Å². The number of aromatic nitrogens is 1. The second kappa shape index (κ2) is 46.8. The monoisotopic (exact) mass is 1610 g/mol. The van der Waals surface area contributed by atoms with Crippen molar-refractivity contribution < 1.29 is 91.7 Å². The van der Waals surface area contributed by atoms with Gasteiger partial charge < -0.3 is 85.1 Å². The number of carboxylic acids is 1. The Morgan fingerprint density at radius 2 is 1.16 bits per heavy atom. The molecule has 0 saturated heterocycles. The minimum atomic E-state index is -1.78. The molecule has 1 aromatic heterocycles. The van der Waals surface area contributed by atoms with E-state index in [-0.39, 0.29) is 89.3 Å². The topological polar surface area (TPSA) is 531 Å². The number of Topliss-reactive ketones (excluding diaryl/α,β-unsaturated/α-hetero) is 5. The minimum Gasteiger partial charge on any atom is -0.508 e. The maximum atomic E-state index is 15.0. The molecule has 0 bridgehead atoms. The third-order valence-corrected chi connectivity index (χ3v) is 20.0. The van der Waals surface area contributed by atoms with Crippen molar-refractivity contribution in [3.8, 4) is 5.75 Å². The number of aromatic amines is 1. The fraction of sp³-hybridized carbons (Fsp3) is 0.588. The van der Waals surface area contributed by atoms with Crippen molar-refractivity contribution in [3.05, 3.63) is 77.0 Å². The zero-order valence-electron chi connectivity index (χ0n) is 66.6. The Balaban J connectivity index is 0.0000336. The van der Waals surface area contributed by atoms with Gasteiger partial charge in [-0.15, -0.1) is 0 Å². The van der Waals surface area contributed by atoms with Crippen LogP contribution in [0.15, 0.2) is 60.8 Å². The number of H-pyrrole nitrogens is 1. The number of nitrogens with one attached hydrogen (secondary N) is 12. The number of rotatable bonds is 29. The molecule has 1 aliphatic rings. The Kier molecular flexibility index (Phi) is 40.2. The number of carbonyl (C=O) groups excluding carboxylic acids is 16. The van der Waals surface area contributed by atoms with Crippen molar-refractivity contribution >= 4 is 122 Å². The highest BCUT2D eigenvalue weighted by atomic mass is 35.5. The number of hydrogen-bond donors (Lipinski definition) is 16. The lowest BCUT2D eigenvalue weighted by atomic mass is 9.79. The number of allylic oxidation sites excluding steroid dienone is 2. The molecule has 630 valence electrons. The first-order chi connectivity index (χ1) is 52.9. The van der Waals surface area contributed by atoms with Crippen molar-refractivity contribution in [3.63, 3.8) is 0 Å². The zero-order chi connectivity index (χ0) is 84.8. The molecule has 3 aromatic rings. The number of phenolic OH excluding ortho intramolecular Hbond substituents is 1. The fourth-order valence-corrected chi connectivity index (χ4v) is 12.9. The van der Waals surface area contributed by atoms with Gasteiger partial charge in [0.25, 0.3) is 0 Å². The zero-order valence-corrected chi connectivity index (χ0v) is 67.3. The average Bonchev–Trinajstić information content (AvgIpc) is 1.65. The lowest BCUT2D eigenvalue weighted by molar-refractivity contribution is -0.140. The van der Waals surface area contributed by atoms with Gasteiger partial charge in [0.15, 0.2) is 0 Å². The molecule has 2 aromatic carbocycles. The average molecular weight is 1620 g/mol. The van der Waals surface area contributed by atoms with Crippen molar-refractivity contribution in [1.29, 1.82) is 0 Å². The molecule has 14 atom stereocenters. The van der Waals surface area contributed by atoms with Gasteiger partial charge in [-0.1, -0.05) is 96.3 Å². The van der Waals surface area contributed by atoms with Crippen molar-refractivity contribution in [2.45, 2.75) is 266 Å². The third kappa shape index (κ3) is 31.9. The highest BCUT2D eigenvalue weighted by Gasteiger charge is 2.42. The number of carbonyl (C=O) groups is 17. The summed E-state index contributed by atoms with van der Waals surface area (Å²) in [5.41, 5.74) is 9.05. The van der Waals surface area contributed by atoms with E-state index in [9.17, 15) is 86.9 Å². The van der Waals surface area contributed by atoms with Crippen molar-refractivity contribution in [2.75, 3.05) is 13.1 Å². The van der Waals surface area contributed by atoms with Crippen LogP contribution >= 0.6 is 11.6 Å². The molecule has 0 spiro atoms. The summed E-state index contributed by atoms with van der Waals surface area (Å²) < 4.78 is 0. The number of halogens is 1. The Hall–Kier alpha value is -10.3. The highest BCUT2D eigenvalue weighted by Crippen LogP contribution is 2.31. The van der Waals surface area contributed by atoms with Gasteiger partial charge in [0.1, 0.15) is 53.3 Å². The molecule has 0 aliphatic carbocycles. The molecular weight excluding hydrogens is 1500 g/mol. The van der Waals surface area contributed by atoms with E-state index in [1.165, 1.54) is 86.6 Å². The summed E-state index contributed by atoms with van der Waals surface area (Å²) in [5, 5.41) is 50.1. The van der Waals surface area contributed by atoms with Crippen LogP contribution in [0.4, 0.5) is 0 Å². The summed E-state index contributed by atoms with van der Waals surface area (Å²) in [6.07, 6.45) is 6.62. The van der Waals surface area contributed by atoms with Crippen LogP contribution in [0.2, 0.25) is 5.02 Å². The summed E-state index contributed by atoms with van der Waals surface area (Å²) in [6, 6.07) is -3.90. The molecule has 0 saturated carbocycles. The molecular formula is C80H119ClN14O19. The van der Waals surface area contributed by atoms with E-state index in [1.54, 1.807) is 31.3 Å². The van der Waals surface area contributed by atoms with Gasteiger partial charge in [0.2, 0.25) is 88.1 Å². The van der Waals surface area contributed by atoms with Crippen molar-refractivity contribution in [2.24, 2.45) is 34.6 Å². The standard InChI is InChI=1S/C79H115ClN14O19.CH4/c1-42(2)34-53-41-84-57(28-30-62(81)97)67(103)66(102)47(7)87-74(110)61(36-52-40-85-59-37-54(80)24-27-56(52)59)92-75(111)60(35-51-22-25-55(96)26-23-51)91-73(109)58(29-31-63(98)99)93-76(112)78(11,38-44(4)95)32-20-18-16-14-13-15-17-19-21-33-79(12,94-72(53)108)77(113)90-50(10)71(107)89-49(9)70(106)88-48(8)69(105)86-46(6)65(101)64(100)45(5)83-39-43(3)68(82)104;/h15,17,22-27,37,40,42-43,45-50,53,57-58,60-61,83-85,96H,13-14,16,18-21,28-36,38-39,41H2,1-12H3,(H2,81,97)(H2,82,104)(H,86,105)(H,87,110)(H,88,106)(H,89,107)(H,90,113)(H,91,109)(H,92,111)(H,93,112)(H,94,108)(H,98,99);1H4/b17-15+;/t43-,45-,46-,47-,48?,49-,50?,53+,57-,58-,60?,61-,78-,79-;/m0./s1. The summed E-state index contributed by atoms with van der Waals surface area (Å²) in [7, 11) is 0. The van der Waals surface area contributed by atoms with Crippen LogP contribution in [0.1, 0.15) is 198 Å². The SMILES string of the molecule is C.CC(=O)C[C@]1(C)CCCCCC/C=C/CCC[C@@](C)(C(=O)NC(C)C(=O)N[C@@H](C)C(=O)NC(C)C(=O)N[C@@H](C)C(=O)C(=O)[C@H](C)NC[C@H](C)C(N)=O)NC(=O)[C@H](CC(C)C)CN[C@@H](CCC(N)=O)C(=O)C(=O)[C@H](C)NC(=O)[C@H](Cc2c[nH]c3cc(Cl)ccc23)NC(=O)C(Cc2ccc(O)cc2)NC(=O)[C@H](CCC(=O)O)NC1=O. The summed E-state index contributed by atoms with van der Waals surface area (Å²) in [6.45, 7) is 17.0. The number of benzene rings is 2. The van der Waals surface area contributed by atoms with E-state index in [2.05, 4.69) is 63.5 Å². The first kappa shape index (κ1) is 97.9. The van der Waals surface area contributed by atoms with E-state index in [0.29, 0.717) is 65.6 Å². The first-order valence-electron chi connectivity index (χ1n) is 38.3. The van der Waals surface area contributed by atoms with Gasteiger partial charge in [-0.3, -0.25) is 81.5 Å². The van der Waals surface area contributed by atoms with E-state index in [1.807, 2.05) is 26.0 Å². The van der Waals surface area contributed by atoms with Gasteiger partial charge >= 0.3 is 5.97 Å². The van der Waals surface area contributed by atoms with Gasteiger partial charge in [-0.25, -0.2) is 0 Å². The Labute approximate surface area is 670 Å². The number of phenols is 1. The molecule has 18 N–H and O–H groups in total. The number of nitrogens with two attached hydrogens (primary N) is 2. The number of aliphatic carboxylic acids is 1. The summed E-state index contributed by atoms with van der Waals surface area (Å²) >= 11 is 6.32. The van der Waals surface area contributed by atoms with Crippen LogP contribution in [0.3, 0.4) is 0 Å². The van der Waals surface area contributed by atoms with E-state index < -0.39 is 197 Å². The maximum Gasteiger partial charge on any atom is 0.303 e. The number of ketones is 5. The second-order valence-corrected chi connectivity index (χ2v) is 31.0. The first-order valence-corrected chi connectivity index (χ1v) is 38.7. The molecule has 1 aliphatic heterocycles. The predicted molar refractivity (Wildman–Crippen MR) is 426 cm³/mol. The van der Waals surface area contributed by atoms with Crippen LogP contribution in [0.25, 0.3) is 10.9 Å². The Morgan fingerprint density at radius 3 is 1.74 bits per heavy atom. The molecule has 0 fully saturated rings. The van der Waals surface area contributed by atoms with Crippen LogP contribution in [0.5, 0.6) is 5.75 Å². The van der Waals surface area contributed by atoms with E-state index >= 15 is 4.79 Å². The number of aromatic hydroxyl groups is 1. The molecule has 3 unspecified atom stereocenters. The van der Waals surface area contributed by atoms with Crippen LogP contribution in [-0.2, 0) is 94.3 Å². The van der Waals surface area contributed by atoms with E-state index in [0.717, 1.165) is 0 Å². The summed E-state index contributed by atoms with van der Waals surface area (Å²) in [4.78, 5) is 236. The number of amides is 11. The highest BCUT2D eigenvalue weighted by molar-refractivity contribution is 6.41. The lowest BCUT2D eigenvalue weighted by Crippen LogP contribution is -2.62. The van der Waals surface area contributed by atoms with Gasteiger partial charge in [0.05, 0.1) is 35.5 Å². The summed E-state index contributed by atoms with van der Waals surface area (Å²) in [5.74, 6) is -17.2. The van der Waals surface area contributed by atoms with E-state index in [4.69, 9.17) is 23.1 Å². The maximum absolute atomic E-state index is 15.0. The minimum absolute atomic E-state index is 0. The Morgan fingerprint density at radius 1 is 0.614 bits per heavy atom. The quantitative estimate of drug-likeness (QED) is 0.0351.